The molecule has 0 amide bonds. The van der Waals surface area contributed by atoms with E-state index in [4.69, 9.17) is 0 Å². The fraction of sp³-hybridized carbons (Fsp3) is 0.0400. The van der Waals surface area contributed by atoms with Crippen LogP contribution >= 0.6 is 0 Å². The highest BCUT2D eigenvalue weighted by atomic mass is 19.2. The van der Waals surface area contributed by atoms with Gasteiger partial charge in [-0.15, -0.1) is 35.4 Å². The van der Waals surface area contributed by atoms with Crippen LogP contribution in [0.5, 0.6) is 0 Å². The normalized spacial score (nSPS) is 11.1. The van der Waals surface area contributed by atoms with Gasteiger partial charge in [0.2, 0.25) is 5.69 Å². The van der Waals surface area contributed by atoms with Gasteiger partial charge in [0.15, 0.2) is 17.5 Å². The van der Waals surface area contributed by atoms with E-state index in [2.05, 4.69) is 16.0 Å². The lowest BCUT2D eigenvalue weighted by Crippen LogP contribution is -2.01. The Morgan fingerprint density at radius 3 is 2.52 bits per heavy atom. The minimum atomic E-state index is -0.977. The van der Waals surface area contributed by atoms with Crippen LogP contribution in [0.15, 0.2) is 79.1 Å². The van der Waals surface area contributed by atoms with Crippen LogP contribution in [0.3, 0.4) is 0 Å². The zero-order valence-electron chi connectivity index (χ0n) is 17.1. The summed E-state index contributed by atoms with van der Waals surface area (Å²) in [6, 6.07) is 20.8. The summed E-state index contributed by atoms with van der Waals surface area (Å²) in [5.41, 5.74) is 3.24. The maximum atomic E-state index is 14.1. The third kappa shape index (κ3) is 3.94. The van der Waals surface area contributed by atoms with E-state index in [1.165, 1.54) is 18.2 Å². The Kier molecular flexibility index (Phi) is 5.10. The molecule has 0 atom stereocenters. The fourth-order valence-corrected chi connectivity index (χ4v) is 3.64. The van der Waals surface area contributed by atoms with Gasteiger partial charge in [0.25, 0.3) is 0 Å². The van der Waals surface area contributed by atoms with Crippen molar-refractivity contribution in [2.75, 3.05) is 0 Å². The van der Waals surface area contributed by atoms with Crippen molar-refractivity contribution in [3.05, 3.63) is 113 Å². The number of nitrogens with zero attached hydrogens (tertiary/aromatic N) is 4. The Morgan fingerprint density at radius 2 is 1.73 bits per heavy atom. The van der Waals surface area contributed by atoms with Crippen LogP contribution in [0.2, 0.25) is 0 Å². The second kappa shape index (κ2) is 8.23. The molecule has 0 radical (unpaired) electrons. The molecule has 6 nitrogen and oxygen atoms in total. The van der Waals surface area contributed by atoms with Crippen LogP contribution in [-0.4, -0.2) is 19.5 Å². The Balaban J connectivity index is 1.40. The van der Waals surface area contributed by atoms with E-state index in [0.717, 1.165) is 11.6 Å². The Hall–Kier alpha value is -4.46. The third-order valence-electron chi connectivity index (χ3n) is 5.25. The third-order valence-corrected chi connectivity index (χ3v) is 5.25. The van der Waals surface area contributed by atoms with Gasteiger partial charge in [-0.2, -0.15) is 0 Å². The number of imidazole rings is 1. The number of rotatable bonds is 5. The smallest absolute Gasteiger partial charge is 0.237 e. The average Bonchev–Trinajstić information content (AvgIpc) is 3.24. The lowest BCUT2D eigenvalue weighted by Gasteiger charge is -2.14. The molecule has 0 spiro atoms. The van der Waals surface area contributed by atoms with E-state index in [1.54, 1.807) is 42.6 Å². The minimum absolute atomic E-state index is 0.0120. The van der Waals surface area contributed by atoms with Gasteiger partial charge in [-0.25, -0.2) is 18.7 Å². The van der Waals surface area contributed by atoms with Gasteiger partial charge < -0.3 is 4.57 Å². The lowest BCUT2D eigenvalue weighted by atomic mass is 10.0. The quantitative estimate of drug-likeness (QED) is 0.198. The molecule has 2 aliphatic rings. The Labute approximate surface area is 187 Å². The zero-order chi connectivity index (χ0) is 22.9. The van der Waals surface area contributed by atoms with Crippen LogP contribution in [0.25, 0.3) is 33.9 Å². The molecule has 2 aliphatic heterocycles. The van der Waals surface area contributed by atoms with Gasteiger partial charge in [0, 0.05) is 25.0 Å². The summed E-state index contributed by atoms with van der Waals surface area (Å²) in [6.07, 6.45) is 3.59. The molecule has 0 saturated heterocycles. The first-order chi connectivity index (χ1) is 16.0. The lowest BCUT2D eigenvalue weighted by molar-refractivity contribution is -0.384. The van der Waals surface area contributed by atoms with Crippen molar-refractivity contribution in [1.82, 2.24) is 14.5 Å². The van der Waals surface area contributed by atoms with Crippen molar-refractivity contribution >= 4 is 5.69 Å². The van der Waals surface area contributed by atoms with E-state index < -0.39 is 16.6 Å². The number of nitro benzene ring substituents is 1. The van der Waals surface area contributed by atoms with Crippen molar-refractivity contribution in [2.24, 2.45) is 0 Å². The maximum absolute atomic E-state index is 14.1. The van der Waals surface area contributed by atoms with Crippen molar-refractivity contribution in [1.29, 1.82) is 0 Å². The molecule has 3 aromatic carbocycles. The number of nitro groups is 1. The first-order valence-corrected chi connectivity index (χ1v) is 10.0. The van der Waals surface area contributed by atoms with Crippen molar-refractivity contribution in [3.63, 3.8) is 0 Å². The van der Waals surface area contributed by atoms with Crippen molar-refractivity contribution in [3.8, 4) is 33.9 Å². The van der Waals surface area contributed by atoms with Gasteiger partial charge in [0.1, 0.15) is 5.69 Å². The number of hydrogen-bond donors (Lipinski definition) is 0. The second-order valence-corrected chi connectivity index (χ2v) is 7.42. The predicted octanol–water partition coefficient (Wildman–Crippen LogP) is 5.75. The van der Waals surface area contributed by atoms with Gasteiger partial charge in [-0.1, -0.05) is 24.3 Å². The first-order valence-electron chi connectivity index (χ1n) is 10.0. The molecule has 0 aliphatic carbocycles. The molecule has 0 unspecified atom stereocenters. The van der Waals surface area contributed by atoms with Crippen LogP contribution < -0.4 is 0 Å². The van der Waals surface area contributed by atoms with Crippen LogP contribution in [0.4, 0.5) is 14.5 Å². The number of pyridine rings is 1. The largest absolute Gasteiger partial charge is 0.356 e. The van der Waals surface area contributed by atoms with Gasteiger partial charge in [0.05, 0.1) is 16.2 Å². The highest BCUT2D eigenvalue weighted by Crippen LogP contribution is 2.30. The summed E-state index contributed by atoms with van der Waals surface area (Å²) in [4.78, 5) is 19.5. The molecule has 0 bridgehead atoms. The van der Waals surface area contributed by atoms with Gasteiger partial charge >= 0.3 is 0 Å². The van der Waals surface area contributed by atoms with E-state index in [1.807, 2.05) is 16.8 Å². The Bertz CT molecular complexity index is 1450. The molecular weight excluding hydrogens is 426 g/mol. The molecule has 8 heteroatoms. The highest BCUT2D eigenvalue weighted by Gasteiger charge is 2.17. The monoisotopic (exact) mass is 441 g/mol. The number of aromatic nitrogens is 3. The zero-order valence-corrected chi connectivity index (χ0v) is 17.1. The standard InChI is InChI=1S/C25H15F2N4O2/c26-20-6-3-5-19(24(20)27)25-28-21-12-13-30(15-22(21)29-25)14-16-8-10-17(11-9-16)18-4-1-2-7-23(18)31(32)33/h1-10,12-13,15H,14H2/q-1. The predicted molar refractivity (Wildman–Crippen MR) is 118 cm³/mol. The maximum Gasteiger partial charge on any atom is 0.237 e. The fourth-order valence-electron chi connectivity index (χ4n) is 3.64. The summed E-state index contributed by atoms with van der Waals surface area (Å²) in [7, 11) is 0. The summed E-state index contributed by atoms with van der Waals surface area (Å²) in [6.45, 7) is 0.500. The van der Waals surface area contributed by atoms with E-state index in [-0.39, 0.29) is 17.1 Å². The van der Waals surface area contributed by atoms with Crippen molar-refractivity contribution in [2.45, 2.75) is 6.54 Å². The molecule has 2 heterocycles. The number of hydrogen-bond acceptors (Lipinski definition) is 4. The topological polar surface area (TPSA) is 73.8 Å². The average molecular weight is 441 g/mol. The summed E-state index contributed by atoms with van der Waals surface area (Å²) in [5, 5.41) is 11.3. The molecule has 33 heavy (non-hydrogen) atoms. The molecular formula is C25H15F2N4O2-. The van der Waals surface area contributed by atoms with Crippen LogP contribution in [-0.2, 0) is 6.54 Å². The molecule has 5 rings (SSSR count). The molecule has 0 saturated carbocycles. The summed E-state index contributed by atoms with van der Waals surface area (Å²) < 4.78 is 29.5. The van der Waals surface area contributed by atoms with Crippen molar-refractivity contribution < 1.29 is 13.7 Å². The van der Waals surface area contributed by atoms with E-state index in [0.29, 0.717) is 29.1 Å². The Morgan fingerprint density at radius 1 is 0.939 bits per heavy atom. The molecule has 0 N–H and O–H groups in total. The summed E-state index contributed by atoms with van der Waals surface area (Å²) >= 11 is 0. The number of benzene rings is 3. The van der Waals surface area contributed by atoms with Crippen LogP contribution in [0, 0.1) is 27.8 Å². The number of halogens is 2. The SMILES string of the molecule is O=[N+]([O-])c1ccccc1-c1[c-]cc(Cn2ccc3nc(-c4cccc(F)c4F)nc-3c2)cc1. The number of fused-ring (bicyclic) bond motifs is 1. The molecule has 3 aromatic rings. The van der Waals surface area contributed by atoms with E-state index >= 15 is 0 Å². The molecule has 162 valence electrons. The van der Waals surface area contributed by atoms with Gasteiger partial charge in [-0.3, -0.25) is 10.1 Å². The first kappa shape index (κ1) is 20.4. The second-order valence-electron chi connectivity index (χ2n) is 7.42. The van der Waals surface area contributed by atoms with Crippen LogP contribution in [0.1, 0.15) is 5.56 Å². The van der Waals surface area contributed by atoms with Gasteiger partial charge in [-0.05, 0) is 23.8 Å². The number of para-hydroxylation sites is 1. The highest BCUT2D eigenvalue weighted by molar-refractivity contribution is 5.73. The molecule has 0 fully saturated rings. The molecule has 0 aromatic heterocycles. The van der Waals surface area contributed by atoms with E-state index in [9.17, 15) is 18.9 Å². The summed E-state index contributed by atoms with van der Waals surface area (Å²) in [5.74, 6) is -1.80. The minimum Gasteiger partial charge on any atom is -0.356 e.